The number of hydrogen-bond acceptors (Lipinski definition) is 4. The van der Waals surface area contributed by atoms with Gasteiger partial charge >= 0.3 is 0 Å². The average molecular weight is 492 g/mol. The molecule has 1 N–H and O–H groups in total. The Labute approximate surface area is 202 Å². The molecule has 0 aliphatic heterocycles. The molecule has 2 amide bonds. The molecular weight excluding hydrogens is 457 g/mol. The van der Waals surface area contributed by atoms with Gasteiger partial charge in [-0.2, -0.15) is 0 Å². The zero-order chi connectivity index (χ0) is 25.6. The van der Waals surface area contributed by atoms with E-state index >= 15 is 0 Å². The van der Waals surface area contributed by atoms with Crippen LogP contribution in [0.4, 0.5) is 10.1 Å². The summed E-state index contributed by atoms with van der Waals surface area (Å²) in [6, 6.07) is 9.84. The van der Waals surface area contributed by atoms with Gasteiger partial charge < -0.3 is 10.2 Å². The zero-order valence-corrected chi connectivity index (χ0v) is 21.4. The molecule has 2 aromatic carbocycles. The first-order valence-corrected chi connectivity index (χ1v) is 13.1. The summed E-state index contributed by atoms with van der Waals surface area (Å²) < 4.78 is 39.6. The largest absolute Gasteiger partial charge is 0.352 e. The number of rotatable bonds is 10. The van der Waals surface area contributed by atoms with Gasteiger partial charge in [-0.15, -0.1) is 0 Å². The van der Waals surface area contributed by atoms with Gasteiger partial charge in [-0.25, -0.2) is 12.8 Å². The van der Waals surface area contributed by atoms with Gasteiger partial charge in [0.1, 0.15) is 18.4 Å². The fourth-order valence-electron chi connectivity index (χ4n) is 3.33. The molecule has 9 heteroatoms. The van der Waals surface area contributed by atoms with Crippen molar-refractivity contribution >= 4 is 27.5 Å². The molecule has 34 heavy (non-hydrogen) atoms. The highest BCUT2D eigenvalue weighted by Crippen LogP contribution is 2.22. The smallest absolute Gasteiger partial charge is 0.244 e. The Morgan fingerprint density at radius 1 is 1.03 bits per heavy atom. The average Bonchev–Trinajstić information content (AvgIpc) is 2.77. The number of nitrogens with one attached hydrogen (secondary N) is 1. The number of amides is 2. The predicted octanol–water partition coefficient (Wildman–Crippen LogP) is 3.54. The molecule has 2 aromatic rings. The number of benzene rings is 2. The monoisotopic (exact) mass is 491 g/mol. The van der Waals surface area contributed by atoms with Gasteiger partial charge in [0, 0.05) is 12.6 Å². The second-order valence-corrected chi connectivity index (χ2v) is 10.6. The molecule has 0 heterocycles. The first-order chi connectivity index (χ1) is 15.8. The Morgan fingerprint density at radius 2 is 1.65 bits per heavy atom. The van der Waals surface area contributed by atoms with Gasteiger partial charge in [-0.1, -0.05) is 25.1 Å². The molecule has 0 fully saturated rings. The van der Waals surface area contributed by atoms with Crippen molar-refractivity contribution < 1.29 is 22.4 Å². The molecule has 2 atom stereocenters. The maximum Gasteiger partial charge on any atom is 0.244 e. The number of hydrogen-bond donors (Lipinski definition) is 1. The Kier molecular flexibility index (Phi) is 9.21. The summed E-state index contributed by atoms with van der Waals surface area (Å²) in [5.41, 5.74) is 2.88. The Hall–Kier alpha value is -2.94. The van der Waals surface area contributed by atoms with Crippen LogP contribution in [0.25, 0.3) is 0 Å². The highest BCUT2D eigenvalue weighted by Gasteiger charge is 2.30. The van der Waals surface area contributed by atoms with Crippen LogP contribution in [0, 0.1) is 19.7 Å². The Balaban J connectivity index is 2.39. The Morgan fingerprint density at radius 3 is 2.18 bits per heavy atom. The van der Waals surface area contributed by atoms with Crippen LogP contribution in [-0.4, -0.2) is 50.0 Å². The van der Waals surface area contributed by atoms with Gasteiger partial charge in [0.2, 0.25) is 21.8 Å². The minimum absolute atomic E-state index is 0.0265. The van der Waals surface area contributed by atoms with E-state index in [9.17, 15) is 22.4 Å². The molecule has 0 spiro atoms. The van der Waals surface area contributed by atoms with Crippen LogP contribution in [0.15, 0.2) is 42.5 Å². The van der Waals surface area contributed by atoms with Crippen LogP contribution in [0.1, 0.15) is 43.9 Å². The number of carbonyl (C=O) groups is 2. The first-order valence-electron chi connectivity index (χ1n) is 11.2. The number of anilines is 1. The van der Waals surface area contributed by atoms with Crippen molar-refractivity contribution in [3.63, 3.8) is 0 Å². The van der Waals surface area contributed by atoms with Crippen LogP contribution in [0.2, 0.25) is 0 Å². The maximum absolute atomic E-state index is 13.5. The SMILES string of the molecule is CC[C@H](C)NC(=O)[C@@H](C)N(Cc1ccc(F)cc1)C(=O)CN(c1ccc(C)c(C)c1)S(C)(=O)=O. The molecule has 0 aliphatic carbocycles. The zero-order valence-electron chi connectivity index (χ0n) is 20.6. The molecule has 0 bridgehead atoms. The highest BCUT2D eigenvalue weighted by molar-refractivity contribution is 7.92. The van der Waals surface area contributed by atoms with Crippen molar-refractivity contribution in [1.82, 2.24) is 10.2 Å². The third-order valence-corrected chi connectivity index (χ3v) is 7.03. The summed E-state index contributed by atoms with van der Waals surface area (Å²) in [4.78, 5) is 27.6. The minimum Gasteiger partial charge on any atom is -0.352 e. The topological polar surface area (TPSA) is 86.8 Å². The second-order valence-electron chi connectivity index (χ2n) is 8.68. The number of carbonyl (C=O) groups excluding carboxylic acids is 2. The lowest BCUT2D eigenvalue weighted by molar-refractivity contribution is -0.139. The fraction of sp³-hybridized carbons (Fsp3) is 0.440. The third kappa shape index (κ3) is 7.28. The molecule has 0 aromatic heterocycles. The summed E-state index contributed by atoms with van der Waals surface area (Å²) in [7, 11) is -3.79. The normalized spacial score (nSPS) is 13.1. The molecule has 0 aliphatic rings. The Bertz CT molecular complexity index is 1120. The third-order valence-electron chi connectivity index (χ3n) is 5.89. The van der Waals surface area contributed by atoms with E-state index in [2.05, 4.69) is 5.32 Å². The maximum atomic E-state index is 13.5. The molecule has 0 saturated heterocycles. The minimum atomic E-state index is -3.79. The van der Waals surface area contributed by atoms with Gasteiger partial charge in [0.05, 0.1) is 11.9 Å². The van der Waals surface area contributed by atoms with Crippen molar-refractivity contribution in [2.24, 2.45) is 0 Å². The molecule has 0 saturated carbocycles. The molecular formula is C25H34FN3O4S. The van der Waals surface area contributed by atoms with E-state index in [0.717, 1.165) is 28.1 Å². The highest BCUT2D eigenvalue weighted by atomic mass is 32.2. The second kappa shape index (κ2) is 11.5. The lowest BCUT2D eigenvalue weighted by Crippen LogP contribution is -2.52. The van der Waals surface area contributed by atoms with Crippen LogP contribution in [-0.2, 0) is 26.2 Å². The van der Waals surface area contributed by atoms with Crippen molar-refractivity contribution in [1.29, 1.82) is 0 Å². The molecule has 7 nitrogen and oxygen atoms in total. The van der Waals surface area contributed by atoms with Crippen LogP contribution in [0.3, 0.4) is 0 Å². The standard InChI is InChI=1S/C25H34FN3O4S/c1-7-19(4)27-25(31)20(5)28(15-21-9-11-22(26)12-10-21)24(30)16-29(34(6,32)33)23-13-8-17(2)18(3)14-23/h8-14,19-20H,7,15-16H2,1-6H3,(H,27,31)/t19-,20+/m0/s1. The fourth-order valence-corrected chi connectivity index (χ4v) is 4.17. The van der Waals surface area contributed by atoms with E-state index in [1.807, 2.05) is 27.7 Å². The summed E-state index contributed by atoms with van der Waals surface area (Å²) in [6.45, 7) is 8.73. The van der Waals surface area contributed by atoms with Gasteiger partial charge in [-0.3, -0.25) is 13.9 Å². The number of aryl methyl sites for hydroxylation is 2. The predicted molar refractivity (Wildman–Crippen MR) is 132 cm³/mol. The molecule has 0 unspecified atom stereocenters. The summed E-state index contributed by atoms with van der Waals surface area (Å²) in [6.07, 6.45) is 1.76. The van der Waals surface area contributed by atoms with Crippen molar-refractivity contribution in [2.45, 2.75) is 59.7 Å². The van der Waals surface area contributed by atoms with Crippen molar-refractivity contribution in [3.8, 4) is 0 Å². The first kappa shape index (κ1) is 27.3. The van der Waals surface area contributed by atoms with Crippen molar-refractivity contribution in [2.75, 3.05) is 17.1 Å². The molecule has 0 radical (unpaired) electrons. The van der Waals surface area contributed by atoms with Crippen LogP contribution < -0.4 is 9.62 Å². The molecule has 186 valence electrons. The summed E-state index contributed by atoms with van der Waals surface area (Å²) in [5.74, 6) is -1.30. The van der Waals surface area contributed by atoms with Gasteiger partial charge in [-0.05, 0) is 75.1 Å². The van der Waals surface area contributed by atoms with Gasteiger partial charge in [0.15, 0.2) is 0 Å². The van der Waals surface area contributed by atoms with Crippen LogP contribution in [0.5, 0.6) is 0 Å². The number of halogens is 1. The number of nitrogens with zero attached hydrogens (tertiary/aromatic N) is 2. The van der Waals surface area contributed by atoms with E-state index < -0.39 is 34.3 Å². The van der Waals surface area contributed by atoms with Gasteiger partial charge in [0.25, 0.3) is 0 Å². The van der Waals surface area contributed by atoms with E-state index in [0.29, 0.717) is 11.3 Å². The lowest BCUT2D eigenvalue weighted by atomic mass is 10.1. The van der Waals surface area contributed by atoms with Crippen molar-refractivity contribution in [3.05, 3.63) is 65.0 Å². The van der Waals surface area contributed by atoms with E-state index in [4.69, 9.17) is 0 Å². The molecule has 2 rings (SSSR count). The summed E-state index contributed by atoms with van der Waals surface area (Å²) >= 11 is 0. The van der Waals surface area contributed by atoms with E-state index in [-0.39, 0.29) is 18.5 Å². The van der Waals surface area contributed by atoms with E-state index in [1.54, 1.807) is 25.1 Å². The van der Waals surface area contributed by atoms with E-state index in [1.165, 1.54) is 29.2 Å². The summed E-state index contributed by atoms with van der Waals surface area (Å²) in [5, 5.41) is 2.86. The number of sulfonamides is 1. The quantitative estimate of drug-likeness (QED) is 0.551. The lowest BCUT2D eigenvalue weighted by Gasteiger charge is -2.32. The van der Waals surface area contributed by atoms with Crippen LogP contribution >= 0.6 is 0 Å².